The summed E-state index contributed by atoms with van der Waals surface area (Å²) in [7, 11) is 0. The Morgan fingerprint density at radius 3 is 2.61 bits per heavy atom. The lowest BCUT2D eigenvalue weighted by Gasteiger charge is -2.24. The van der Waals surface area contributed by atoms with Gasteiger partial charge in [-0.15, -0.1) is 0 Å². The van der Waals surface area contributed by atoms with E-state index in [1.807, 2.05) is 0 Å². The van der Waals surface area contributed by atoms with E-state index in [1.165, 1.54) is 60.1 Å². The van der Waals surface area contributed by atoms with E-state index in [1.54, 1.807) is 0 Å². The van der Waals surface area contributed by atoms with Gasteiger partial charge >= 0.3 is 0 Å². The Kier molecular flexibility index (Phi) is 5.56. The normalized spacial score (nSPS) is 16.4. The summed E-state index contributed by atoms with van der Waals surface area (Å²) in [6, 6.07) is 17.5. The fourth-order valence-electron chi connectivity index (χ4n) is 3.15. The summed E-state index contributed by atoms with van der Waals surface area (Å²) >= 11 is 3.69. The van der Waals surface area contributed by atoms with Crippen molar-refractivity contribution < 1.29 is 0 Å². The molecule has 1 nitrogen and oxygen atoms in total. The van der Waals surface area contributed by atoms with Crippen LogP contribution in [0.15, 0.2) is 54.6 Å². The van der Waals surface area contributed by atoms with Crippen molar-refractivity contribution in [1.29, 1.82) is 0 Å². The molecule has 1 aliphatic heterocycles. The van der Waals surface area contributed by atoms with Gasteiger partial charge in [-0.05, 0) is 47.8 Å². The quantitative estimate of drug-likeness (QED) is 0.353. The van der Waals surface area contributed by atoms with E-state index in [4.69, 9.17) is 0 Å². The number of alkyl halides is 1. The van der Waals surface area contributed by atoms with Crippen LogP contribution in [0, 0.1) is 0 Å². The summed E-state index contributed by atoms with van der Waals surface area (Å²) < 4.78 is 0. The monoisotopic (exact) mass is 369 g/mol. The van der Waals surface area contributed by atoms with Crippen LogP contribution < -0.4 is 5.32 Å². The van der Waals surface area contributed by atoms with Crippen molar-refractivity contribution in [2.75, 3.05) is 5.32 Å². The van der Waals surface area contributed by atoms with Crippen molar-refractivity contribution in [2.24, 2.45) is 0 Å². The van der Waals surface area contributed by atoms with Gasteiger partial charge < -0.3 is 5.32 Å². The molecule has 2 heteroatoms. The fraction of sp³-hybridized carbons (Fsp3) is 0.333. The lowest BCUT2D eigenvalue weighted by atomic mass is 9.91. The predicted octanol–water partition coefficient (Wildman–Crippen LogP) is 6.39. The summed E-state index contributed by atoms with van der Waals surface area (Å²) in [5.41, 5.74) is 6.57. The van der Waals surface area contributed by atoms with E-state index < -0.39 is 0 Å². The average molecular weight is 370 g/mol. The van der Waals surface area contributed by atoms with E-state index in [-0.39, 0.29) is 4.95 Å². The summed E-state index contributed by atoms with van der Waals surface area (Å²) in [4.78, 5) is 0.181. The average Bonchev–Trinajstić information content (AvgIpc) is 2.59. The molecule has 0 amide bonds. The third-order valence-electron chi connectivity index (χ3n) is 4.38. The van der Waals surface area contributed by atoms with Crippen LogP contribution in [-0.4, -0.2) is 4.95 Å². The molecule has 0 fully saturated rings. The molecule has 1 heterocycles. The van der Waals surface area contributed by atoms with Crippen LogP contribution in [0.3, 0.4) is 0 Å². The lowest BCUT2D eigenvalue weighted by molar-refractivity contribution is 0.667. The molecule has 0 bridgehead atoms. The third kappa shape index (κ3) is 4.06. The largest absolute Gasteiger partial charge is 0.369 e. The maximum absolute atomic E-state index is 3.69. The van der Waals surface area contributed by atoms with E-state index in [0.29, 0.717) is 0 Å². The highest BCUT2D eigenvalue weighted by Gasteiger charge is 2.18. The molecule has 120 valence electrons. The Hall–Kier alpha value is -1.54. The van der Waals surface area contributed by atoms with E-state index in [9.17, 15) is 0 Å². The van der Waals surface area contributed by atoms with Gasteiger partial charge in [-0.25, -0.2) is 0 Å². The summed E-state index contributed by atoms with van der Waals surface area (Å²) in [5.74, 6) is 0. The number of hydrogen-bond acceptors (Lipinski definition) is 1. The number of fused-ring (bicyclic) bond motifs is 1. The molecule has 1 unspecified atom stereocenters. The first-order valence-corrected chi connectivity index (χ1v) is 9.50. The molecule has 1 atom stereocenters. The van der Waals surface area contributed by atoms with Crippen LogP contribution >= 0.6 is 15.9 Å². The molecule has 1 N–H and O–H groups in total. The van der Waals surface area contributed by atoms with Crippen LogP contribution in [-0.2, 0) is 6.42 Å². The number of aryl methyl sites for hydroxylation is 1. The number of halogens is 1. The van der Waals surface area contributed by atoms with E-state index in [0.717, 1.165) is 0 Å². The second-order valence-corrected chi connectivity index (χ2v) is 7.17. The van der Waals surface area contributed by atoms with Gasteiger partial charge in [-0.3, -0.25) is 0 Å². The minimum Gasteiger partial charge on any atom is -0.369 e. The molecule has 0 spiro atoms. The molecule has 2 aromatic carbocycles. The van der Waals surface area contributed by atoms with Crippen molar-refractivity contribution in [3.8, 4) is 0 Å². The zero-order valence-corrected chi connectivity index (χ0v) is 15.3. The number of benzene rings is 2. The maximum atomic E-state index is 3.69. The predicted molar refractivity (Wildman–Crippen MR) is 104 cm³/mol. The third-order valence-corrected chi connectivity index (χ3v) is 4.88. The van der Waals surface area contributed by atoms with Crippen molar-refractivity contribution in [2.45, 2.75) is 44.0 Å². The Morgan fingerprint density at radius 1 is 1.00 bits per heavy atom. The smallest absolute Gasteiger partial charge is 0.101 e. The Labute approximate surface area is 147 Å². The summed E-state index contributed by atoms with van der Waals surface area (Å²) in [5, 5.41) is 3.50. The zero-order chi connectivity index (χ0) is 16.1. The van der Waals surface area contributed by atoms with Crippen LogP contribution in [0.25, 0.3) is 5.57 Å². The van der Waals surface area contributed by atoms with Crippen molar-refractivity contribution in [3.05, 3.63) is 71.3 Å². The first kappa shape index (κ1) is 16.3. The molecular formula is C21H24BrN. The number of anilines is 1. The molecular weight excluding hydrogens is 346 g/mol. The number of nitrogens with one attached hydrogen (secondary N) is 1. The van der Waals surface area contributed by atoms with Gasteiger partial charge in [0.15, 0.2) is 0 Å². The van der Waals surface area contributed by atoms with Gasteiger partial charge in [0.25, 0.3) is 0 Å². The van der Waals surface area contributed by atoms with E-state index in [2.05, 4.69) is 82.8 Å². The van der Waals surface area contributed by atoms with Gasteiger partial charge in [0.2, 0.25) is 0 Å². The Balaban J connectivity index is 1.87. The molecule has 2 aromatic rings. The minimum atomic E-state index is 0.181. The second kappa shape index (κ2) is 7.83. The second-order valence-electron chi connectivity index (χ2n) is 6.18. The summed E-state index contributed by atoms with van der Waals surface area (Å²) in [6.07, 6.45) is 8.68. The molecule has 0 aromatic heterocycles. The molecule has 23 heavy (non-hydrogen) atoms. The lowest BCUT2D eigenvalue weighted by Crippen LogP contribution is -2.16. The molecule has 0 radical (unpaired) electrons. The Morgan fingerprint density at radius 2 is 1.83 bits per heavy atom. The Bertz CT molecular complexity index is 675. The fourth-order valence-corrected chi connectivity index (χ4v) is 3.66. The highest BCUT2D eigenvalue weighted by atomic mass is 79.9. The van der Waals surface area contributed by atoms with Crippen LogP contribution in [0.5, 0.6) is 0 Å². The molecule has 0 saturated heterocycles. The summed E-state index contributed by atoms with van der Waals surface area (Å²) in [6.45, 7) is 2.26. The molecule has 0 aliphatic carbocycles. The van der Waals surface area contributed by atoms with Crippen molar-refractivity contribution >= 4 is 27.2 Å². The van der Waals surface area contributed by atoms with Gasteiger partial charge in [0.05, 0.1) is 0 Å². The first-order chi connectivity index (χ1) is 11.3. The van der Waals surface area contributed by atoms with Crippen LogP contribution in [0.2, 0.25) is 0 Å². The first-order valence-electron chi connectivity index (χ1n) is 8.59. The van der Waals surface area contributed by atoms with Gasteiger partial charge in [0.1, 0.15) is 4.95 Å². The van der Waals surface area contributed by atoms with Gasteiger partial charge in [-0.2, -0.15) is 0 Å². The number of hydrogen-bond donors (Lipinski definition) is 1. The molecule has 0 saturated carbocycles. The minimum absolute atomic E-state index is 0.181. The maximum Gasteiger partial charge on any atom is 0.101 e. The zero-order valence-electron chi connectivity index (χ0n) is 13.7. The van der Waals surface area contributed by atoms with Crippen molar-refractivity contribution in [1.82, 2.24) is 0 Å². The highest BCUT2D eigenvalue weighted by Crippen LogP contribution is 2.36. The standard InChI is InChI=1S/C21H24BrN/c1-2-3-4-6-9-16-12-13-20-19(14-16)18(15-21(22)23-20)17-10-7-5-8-11-17/h5,7-8,10-15,21,23H,2-4,6,9H2,1H3. The highest BCUT2D eigenvalue weighted by molar-refractivity contribution is 9.09. The van der Waals surface area contributed by atoms with Gasteiger partial charge in [0, 0.05) is 11.3 Å². The van der Waals surface area contributed by atoms with Gasteiger partial charge in [-0.1, -0.05) is 78.5 Å². The topological polar surface area (TPSA) is 12.0 Å². The SMILES string of the molecule is CCCCCCc1ccc2c(c1)C(c1ccccc1)=CC(Br)N2. The number of unbranched alkanes of at least 4 members (excludes halogenated alkanes) is 3. The van der Waals surface area contributed by atoms with Crippen molar-refractivity contribution in [3.63, 3.8) is 0 Å². The van der Waals surface area contributed by atoms with Crippen LogP contribution in [0.1, 0.15) is 49.3 Å². The molecule has 1 aliphatic rings. The molecule has 3 rings (SSSR count). The van der Waals surface area contributed by atoms with E-state index >= 15 is 0 Å². The van der Waals surface area contributed by atoms with Crippen LogP contribution in [0.4, 0.5) is 5.69 Å². The number of rotatable bonds is 6.